The zero-order valence-electron chi connectivity index (χ0n) is 33.3. The molecule has 6 rings (SSSR count). The van der Waals surface area contributed by atoms with Gasteiger partial charge in [-0.15, -0.1) is 10.2 Å². The van der Waals surface area contributed by atoms with Crippen LogP contribution in [0.25, 0.3) is 22.5 Å². The highest BCUT2D eigenvalue weighted by molar-refractivity contribution is 5.98. The molecule has 3 aromatic carbocycles. The molecule has 1 aromatic heterocycles. The fourth-order valence-electron chi connectivity index (χ4n) is 7.29. The number of aromatic amines is 1. The van der Waals surface area contributed by atoms with Gasteiger partial charge in [0.25, 0.3) is 5.91 Å². The molecule has 1 aliphatic heterocycles. The molecular weight excluding hydrogens is 743 g/mol. The van der Waals surface area contributed by atoms with Crippen LogP contribution in [0.15, 0.2) is 66.7 Å². The Morgan fingerprint density at radius 2 is 1.53 bits per heavy atom. The van der Waals surface area contributed by atoms with Crippen LogP contribution in [0.4, 0.5) is 15.3 Å². The smallest absolute Gasteiger partial charge is 0.407 e. The first-order chi connectivity index (χ1) is 27.7. The van der Waals surface area contributed by atoms with E-state index >= 15 is 0 Å². The molecule has 16 nitrogen and oxygen atoms in total. The predicted molar refractivity (Wildman–Crippen MR) is 216 cm³/mol. The normalized spacial score (nSPS) is 17.5. The molecule has 1 atom stereocenters. The van der Waals surface area contributed by atoms with Gasteiger partial charge in [0.15, 0.2) is 0 Å². The number of alkyl carbamates (subject to hydrolysis) is 1. The van der Waals surface area contributed by atoms with Gasteiger partial charge < -0.3 is 35.6 Å². The number of hydrogen-bond acceptors (Lipinski definition) is 9. The maximum absolute atomic E-state index is 13.9. The molecule has 1 saturated carbocycles. The van der Waals surface area contributed by atoms with E-state index in [1.807, 2.05) is 64.1 Å². The summed E-state index contributed by atoms with van der Waals surface area (Å²) in [5.74, 6) is -0.338. The number of amides is 5. The van der Waals surface area contributed by atoms with Gasteiger partial charge in [-0.05, 0) is 123 Å². The molecule has 0 spiro atoms. The Morgan fingerprint density at radius 3 is 2.16 bits per heavy atom. The third-order valence-electron chi connectivity index (χ3n) is 10.6. The molecule has 16 heteroatoms. The number of carbonyl (C=O) groups is 5. The van der Waals surface area contributed by atoms with Crippen LogP contribution < -0.4 is 16.0 Å². The fourth-order valence-corrected chi connectivity index (χ4v) is 7.29. The standard InChI is InChI=1S/C42H51N9O7/c1-26-5-10-32(39(54)50-19-21-51(22-20-50)41(56)57)24-34(26)29-11-6-27(7-12-29)23-35(38(53)44-33-17-15-30(16-18-33)36-46-48-49-47-36)45-37(52)31-13-8-28(9-14-31)25-43-40(55)58-42(2,3)4/h5-7,10-12,15-18,24,28,31,35H,8-9,13-14,19-23,25H2,1-4H3,(H,43,55)(H,44,53)(H,45,52)(H,56,57)(H,46,47,48,49)/t28?,31?,35-/m0/s1. The first-order valence-corrected chi connectivity index (χ1v) is 19.6. The van der Waals surface area contributed by atoms with E-state index < -0.39 is 23.8 Å². The van der Waals surface area contributed by atoms with Crippen molar-refractivity contribution < 1.29 is 33.8 Å². The number of piperazine rings is 1. The van der Waals surface area contributed by atoms with Gasteiger partial charge in [0, 0.05) is 61.9 Å². The van der Waals surface area contributed by atoms with Crippen molar-refractivity contribution in [2.75, 3.05) is 38.0 Å². The predicted octanol–water partition coefficient (Wildman–Crippen LogP) is 5.28. The summed E-state index contributed by atoms with van der Waals surface area (Å²) >= 11 is 0. The summed E-state index contributed by atoms with van der Waals surface area (Å²) in [7, 11) is 0. The Balaban J connectivity index is 1.12. The molecule has 1 saturated heterocycles. The molecule has 1 aliphatic carbocycles. The Hall–Kier alpha value is -6.32. The first kappa shape index (κ1) is 41.3. The van der Waals surface area contributed by atoms with E-state index in [-0.39, 0.29) is 49.1 Å². The maximum atomic E-state index is 13.9. The van der Waals surface area contributed by atoms with Crippen LogP contribution in [0, 0.1) is 18.8 Å². The maximum Gasteiger partial charge on any atom is 0.407 e. The van der Waals surface area contributed by atoms with Crippen molar-refractivity contribution in [1.82, 2.24) is 41.1 Å². The highest BCUT2D eigenvalue weighted by Crippen LogP contribution is 2.30. The quantitative estimate of drug-likeness (QED) is 0.133. The average molecular weight is 794 g/mol. The molecule has 306 valence electrons. The number of carbonyl (C=O) groups excluding carboxylic acids is 4. The molecular formula is C42H51N9O7. The van der Waals surface area contributed by atoms with Gasteiger partial charge >= 0.3 is 12.2 Å². The Labute approximate surface area is 337 Å². The number of benzene rings is 3. The summed E-state index contributed by atoms with van der Waals surface area (Å²) < 4.78 is 5.35. The molecule has 2 heterocycles. The number of aryl methyl sites for hydroxylation is 1. The molecule has 2 aliphatic rings. The van der Waals surface area contributed by atoms with E-state index in [1.165, 1.54) is 4.90 Å². The van der Waals surface area contributed by atoms with Gasteiger partial charge in [0.05, 0.1) is 0 Å². The number of H-pyrrole nitrogens is 1. The number of tetrazole rings is 1. The minimum atomic E-state index is -0.986. The van der Waals surface area contributed by atoms with Crippen LogP contribution in [0.5, 0.6) is 0 Å². The Kier molecular flexibility index (Phi) is 13.0. The lowest BCUT2D eigenvalue weighted by molar-refractivity contribution is -0.130. The number of hydrogen-bond donors (Lipinski definition) is 5. The SMILES string of the molecule is Cc1ccc(C(=O)N2CCN(C(=O)O)CC2)cc1-c1ccc(C[C@H](NC(=O)C2CCC(CNC(=O)OC(C)(C)C)CC2)C(=O)Nc2ccc(-c3nn[nH]n3)cc2)cc1. The molecule has 0 bridgehead atoms. The first-order valence-electron chi connectivity index (χ1n) is 19.6. The number of rotatable bonds is 11. The summed E-state index contributed by atoms with van der Waals surface area (Å²) in [5, 5.41) is 32.1. The van der Waals surface area contributed by atoms with Gasteiger partial charge in [-0.2, -0.15) is 5.21 Å². The van der Waals surface area contributed by atoms with Gasteiger partial charge in [0.2, 0.25) is 17.6 Å². The summed E-state index contributed by atoms with van der Waals surface area (Å²) in [5.41, 5.74) is 4.77. The van der Waals surface area contributed by atoms with Crippen molar-refractivity contribution in [2.24, 2.45) is 11.8 Å². The second-order valence-electron chi connectivity index (χ2n) is 16.0. The van der Waals surface area contributed by atoms with Gasteiger partial charge in [-0.3, -0.25) is 14.4 Å². The molecule has 0 unspecified atom stereocenters. The van der Waals surface area contributed by atoms with Crippen molar-refractivity contribution in [3.05, 3.63) is 83.4 Å². The van der Waals surface area contributed by atoms with Crippen LogP contribution in [-0.2, 0) is 20.7 Å². The largest absolute Gasteiger partial charge is 0.465 e. The highest BCUT2D eigenvalue weighted by Gasteiger charge is 2.31. The van der Waals surface area contributed by atoms with Crippen molar-refractivity contribution in [3.63, 3.8) is 0 Å². The van der Waals surface area contributed by atoms with Crippen LogP contribution in [0.2, 0.25) is 0 Å². The zero-order chi connectivity index (χ0) is 41.4. The van der Waals surface area contributed by atoms with E-state index in [0.29, 0.717) is 49.6 Å². The van der Waals surface area contributed by atoms with Gasteiger partial charge in [-0.1, -0.05) is 30.3 Å². The number of aromatic nitrogens is 4. The number of ether oxygens (including phenoxy) is 1. The van der Waals surface area contributed by atoms with Crippen LogP contribution in [-0.4, -0.2) is 110 Å². The Bertz CT molecular complexity index is 2070. The van der Waals surface area contributed by atoms with E-state index in [9.17, 15) is 29.1 Å². The van der Waals surface area contributed by atoms with Crippen molar-refractivity contribution in [1.29, 1.82) is 0 Å². The van der Waals surface area contributed by atoms with Crippen molar-refractivity contribution in [3.8, 4) is 22.5 Å². The summed E-state index contributed by atoms with van der Waals surface area (Å²) in [6.45, 7) is 9.09. The monoisotopic (exact) mass is 793 g/mol. The Morgan fingerprint density at radius 1 is 0.879 bits per heavy atom. The topological polar surface area (TPSA) is 212 Å². The molecule has 5 amide bonds. The van der Waals surface area contributed by atoms with Crippen LogP contribution in [0.3, 0.4) is 0 Å². The minimum absolute atomic E-state index is 0.150. The molecule has 5 N–H and O–H groups in total. The minimum Gasteiger partial charge on any atom is -0.465 e. The second-order valence-corrected chi connectivity index (χ2v) is 16.0. The number of nitrogens with one attached hydrogen (secondary N) is 4. The van der Waals surface area contributed by atoms with E-state index in [0.717, 1.165) is 40.7 Å². The number of nitrogens with zero attached hydrogens (tertiary/aromatic N) is 5. The number of carboxylic acid groups (broad SMARTS) is 1. The third kappa shape index (κ3) is 11.0. The van der Waals surface area contributed by atoms with E-state index in [2.05, 4.69) is 36.6 Å². The van der Waals surface area contributed by atoms with Gasteiger partial charge in [-0.25, -0.2) is 9.59 Å². The molecule has 58 heavy (non-hydrogen) atoms. The highest BCUT2D eigenvalue weighted by atomic mass is 16.6. The third-order valence-corrected chi connectivity index (χ3v) is 10.6. The zero-order valence-corrected chi connectivity index (χ0v) is 33.3. The fraction of sp³-hybridized carbons (Fsp3) is 0.429. The van der Waals surface area contributed by atoms with Crippen LogP contribution >= 0.6 is 0 Å². The lowest BCUT2D eigenvalue weighted by Gasteiger charge is -2.33. The summed E-state index contributed by atoms with van der Waals surface area (Å²) in [4.78, 5) is 67.5. The molecule has 4 aromatic rings. The second kappa shape index (κ2) is 18.3. The average Bonchev–Trinajstić information content (AvgIpc) is 3.75. The van der Waals surface area contributed by atoms with Gasteiger partial charge in [0.1, 0.15) is 11.6 Å². The lowest BCUT2D eigenvalue weighted by atomic mass is 9.81. The summed E-state index contributed by atoms with van der Waals surface area (Å²) in [6, 6.07) is 19.4. The molecule has 2 fully saturated rings. The van der Waals surface area contributed by atoms with Crippen LogP contribution in [0.1, 0.15) is 67.9 Å². The van der Waals surface area contributed by atoms with Crippen molar-refractivity contribution in [2.45, 2.75) is 71.4 Å². The summed E-state index contributed by atoms with van der Waals surface area (Å²) in [6.07, 6.45) is 1.56. The molecule has 0 radical (unpaired) electrons. The number of anilines is 1. The van der Waals surface area contributed by atoms with Crippen molar-refractivity contribution >= 4 is 35.6 Å². The van der Waals surface area contributed by atoms with E-state index in [4.69, 9.17) is 4.74 Å². The lowest BCUT2D eigenvalue weighted by Crippen LogP contribution is -2.50. The van der Waals surface area contributed by atoms with E-state index in [1.54, 1.807) is 35.2 Å².